The number of anilines is 1. The molecule has 0 spiro atoms. The van der Waals surface area contributed by atoms with Gasteiger partial charge in [0.2, 0.25) is 11.8 Å². The molecule has 1 fully saturated rings. The first-order valence-electron chi connectivity index (χ1n) is 7.63. The van der Waals surface area contributed by atoms with Crippen molar-refractivity contribution in [3.63, 3.8) is 0 Å². The number of nitrogens with zero attached hydrogens (tertiary/aromatic N) is 2. The molecular formula is C15H21N3O2S. The van der Waals surface area contributed by atoms with E-state index in [1.807, 2.05) is 18.7 Å². The largest absolute Gasteiger partial charge is 0.337 e. The van der Waals surface area contributed by atoms with Gasteiger partial charge in [-0.15, -0.1) is 0 Å². The summed E-state index contributed by atoms with van der Waals surface area (Å²) in [6.07, 6.45) is 3.92. The Morgan fingerprint density at radius 3 is 2.76 bits per heavy atom. The van der Waals surface area contributed by atoms with E-state index in [0.29, 0.717) is 11.7 Å². The molecule has 1 aliphatic carbocycles. The van der Waals surface area contributed by atoms with E-state index < -0.39 is 0 Å². The molecule has 1 saturated carbocycles. The third-order valence-corrected chi connectivity index (χ3v) is 5.24. The van der Waals surface area contributed by atoms with Gasteiger partial charge in [-0.3, -0.25) is 9.59 Å². The van der Waals surface area contributed by atoms with Crippen molar-refractivity contribution in [2.45, 2.75) is 46.1 Å². The number of carbonyl (C=O) groups excluding carboxylic acids is 2. The average molecular weight is 307 g/mol. The normalized spacial score (nSPS) is 18.3. The number of carbonyl (C=O) groups is 2. The Bertz CT molecular complexity index is 563. The van der Waals surface area contributed by atoms with Crippen LogP contribution in [0, 0.1) is 11.8 Å². The molecule has 0 saturated heterocycles. The maximum Gasteiger partial charge on any atom is 0.229 e. The standard InChI is InChI=1S/C15H21N3O2S/c1-9(2)14(20)18-7-6-11-12(8-18)21-15(16-11)17-13(19)10-4-3-5-10/h9-10H,3-8H2,1-2H3,(H,16,17,19). The minimum Gasteiger partial charge on any atom is -0.337 e. The van der Waals surface area contributed by atoms with Crippen molar-refractivity contribution >= 4 is 28.3 Å². The Hall–Kier alpha value is -1.43. The van der Waals surface area contributed by atoms with Crippen LogP contribution in [0.1, 0.15) is 43.7 Å². The van der Waals surface area contributed by atoms with Crippen LogP contribution >= 0.6 is 11.3 Å². The van der Waals surface area contributed by atoms with Crippen molar-refractivity contribution in [3.05, 3.63) is 10.6 Å². The summed E-state index contributed by atoms with van der Waals surface area (Å²) in [6.45, 7) is 5.21. The molecule has 2 heterocycles. The van der Waals surface area contributed by atoms with Gasteiger partial charge in [0.05, 0.1) is 12.2 Å². The summed E-state index contributed by atoms with van der Waals surface area (Å²) in [7, 11) is 0. The molecule has 0 aromatic carbocycles. The molecule has 114 valence electrons. The summed E-state index contributed by atoms with van der Waals surface area (Å²) in [4.78, 5) is 31.5. The molecule has 2 aliphatic rings. The highest BCUT2D eigenvalue weighted by Gasteiger charge is 2.28. The summed E-state index contributed by atoms with van der Waals surface area (Å²) in [5.41, 5.74) is 1.04. The third-order valence-electron chi connectivity index (χ3n) is 4.24. The number of thiazole rings is 1. The Balaban J connectivity index is 1.66. The zero-order valence-electron chi connectivity index (χ0n) is 12.5. The number of rotatable bonds is 3. The van der Waals surface area contributed by atoms with Crippen molar-refractivity contribution in [1.29, 1.82) is 0 Å². The lowest BCUT2D eigenvalue weighted by Crippen LogP contribution is -2.37. The Morgan fingerprint density at radius 1 is 1.38 bits per heavy atom. The predicted molar refractivity (Wildman–Crippen MR) is 82.0 cm³/mol. The van der Waals surface area contributed by atoms with E-state index in [2.05, 4.69) is 10.3 Å². The summed E-state index contributed by atoms with van der Waals surface area (Å²) in [6, 6.07) is 0. The zero-order valence-corrected chi connectivity index (χ0v) is 13.3. The van der Waals surface area contributed by atoms with Gasteiger partial charge in [0.1, 0.15) is 0 Å². The average Bonchev–Trinajstić information content (AvgIpc) is 2.76. The first-order chi connectivity index (χ1) is 10.0. The van der Waals surface area contributed by atoms with Crippen LogP contribution in [0.2, 0.25) is 0 Å². The van der Waals surface area contributed by atoms with Gasteiger partial charge in [-0.25, -0.2) is 4.98 Å². The maximum absolute atomic E-state index is 12.1. The molecule has 1 aliphatic heterocycles. The van der Waals surface area contributed by atoms with E-state index in [0.717, 1.165) is 42.8 Å². The van der Waals surface area contributed by atoms with E-state index >= 15 is 0 Å². The van der Waals surface area contributed by atoms with Crippen LogP contribution in [-0.4, -0.2) is 28.2 Å². The van der Waals surface area contributed by atoms with Crippen LogP contribution in [0.15, 0.2) is 0 Å². The van der Waals surface area contributed by atoms with Crippen LogP contribution < -0.4 is 5.32 Å². The second kappa shape index (κ2) is 5.75. The van der Waals surface area contributed by atoms with Crippen molar-refractivity contribution < 1.29 is 9.59 Å². The Morgan fingerprint density at radius 2 is 2.14 bits per heavy atom. The monoisotopic (exact) mass is 307 g/mol. The molecule has 5 nitrogen and oxygen atoms in total. The number of hydrogen-bond acceptors (Lipinski definition) is 4. The summed E-state index contributed by atoms with van der Waals surface area (Å²) in [5.74, 6) is 0.485. The first-order valence-corrected chi connectivity index (χ1v) is 8.44. The molecule has 21 heavy (non-hydrogen) atoms. The fourth-order valence-electron chi connectivity index (χ4n) is 2.68. The fourth-order valence-corrected chi connectivity index (χ4v) is 3.71. The van der Waals surface area contributed by atoms with Gasteiger partial charge < -0.3 is 10.2 Å². The van der Waals surface area contributed by atoms with Crippen LogP contribution in [-0.2, 0) is 22.6 Å². The number of hydrogen-bond donors (Lipinski definition) is 1. The lowest BCUT2D eigenvalue weighted by atomic mass is 9.85. The van der Waals surface area contributed by atoms with Crippen molar-refractivity contribution in [2.75, 3.05) is 11.9 Å². The van der Waals surface area contributed by atoms with Crippen LogP contribution in [0.5, 0.6) is 0 Å². The lowest BCUT2D eigenvalue weighted by Gasteiger charge is -2.27. The number of fused-ring (bicyclic) bond motifs is 1. The van der Waals surface area contributed by atoms with Gasteiger partial charge in [-0.05, 0) is 12.8 Å². The maximum atomic E-state index is 12.1. The van der Waals surface area contributed by atoms with E-state index in [9.17, 15) is 9.59 Å². The SMILES string of the molecule is CC(C)C(=O)N1CCc2nc(NC(=O)C3CCC3)sc2C1. The Kier molecular flexibility index (Phi) is 3.97. The summed E-state index contributed by atoms with van der Waals surface area (Å²) in [5, 5.41) is 3.62. The topological polar surface area (TPSA) is 62.3 Å². The van der Waals surface area contributed by atoms with Crippen molar-refractivity contribution in [3.8, 4) is 0 Å². The van der Waals surface area contributed by atoms with Gasteiger partial charge in [-0.1, -0.05) is 31.6 Å². The Labute approximate surface area is 128 Å². The highest BCUT2D eigenvalue weighted by atomic mass is 32.1. The minimum atomic E-state index is 0.0252. The van der Waals surface area contributed by atoms with Crippen molar-refractivity contribution in [2.24, 2.45) is 11.8 Å². The molecular weight excluding hydrogens is 286 g/mol. The van der Waals surface area contributed by atoms with E-state index in [1.165, 1.54) is 11.3 Å². The second-order valence-corrected chi connectivity index (χ2v) is 7.25. The lowest BCUT2D eigenvalue weighted by molar-refractivity contribution is -0.135. The number of aromatic nitrogens is 1. The van der Waals surface area contributed by atoms with E-state index in [-0.39, 0.29) is 23.7 Å². The van der Waals surface area contributed by atoms with Gasteiger partial charge >= 0.3 is 0 Å². The van der Waals surface area contributed by atoms with Gasteiger partial charge in [-0.2, -0.15) is 0 Å². The molecule has 2 amide bonds. The molecule has 0 radical (unpaired) electrons. The van der Waals surface area contributed by atoms with E-state index in [1.54, 1.807) is 0 Å². The molecule has 1 aromatic rings. The molecule has 0 unspecified atom stereocenters. The zero-order chi connectivity index (χ0) is 15.0. The quantitative estimate of drug-likeness (QED) is 0.933. The van der Waals surface area contributed by atoms with Crippen LogP contribution in [0.3, 0.4) is 0 Å². The molecule has 6 heteroatoms. The van der Waals surface area contributed by atoms with Gasteiger partial charge in [0, 0.05) is 29.7 Å². The number of amides is 2. The summed E-state index contributed by atoms with van der Waals surface area (Å²) < 4.78 is 0. The minimum absolute atomic E-state index is 0.0252. The highest BCUT2D eigenvalue weighted by Crippen LogP contribution is 2.31. The smallest absolute Gasteiger partial charge is 0.229 e. The van der Waals surface area contributed by atoms with E-state index in [4.69, 9.17) is 0 Å². The van der Waals surface area contributed by atoms with Gasteiger partial charge in [0.25, 0.3) is 0 Å². The fraction of sp³-hybridized carbons (Fsp3) is 0.667. The molecule has 0 atom stereocenters. The van der Waals surface area contributed by atoms with Crippen molar-refractivity contribution in [1.82, 2.24) is 9.88 Å². The number of nitrogens with one attached hydrogen (secondary N) is 1. The van der Waals surface area contributed by atoms with Gasteiger partial charge in [0.15, 0.2) is 5.13 Å². The molecule has 0 bridgehead atoms. The predicted octanol–water partition coefficient (Wildman–Crippen LogP) is 2.42. The third kappa shape index (κ3) is 2.95. The first kappa shape index (κ1) is 14.5. The molecule has 3 rings (SSSR count). The highest BCUT2D eigenvalue weighted by molar-refractivity contribution is 7.15. The van der Waals surface area contributed by atoms with Crippen LogP contribution in [0.25, 0.3) is 0 Å². The summed E-state index contributed by atoms with van der Waals surface area (Å²) >= 11 is 1.51. The molecule has 1 aromatic heterocycles. The second-order valence-electron chi connectivity index (χ2n) is 6.17. The van der Waals surface area contributed by atoms with Crippen LogP contribution in [0.4, 0.5) is 5.13 Å². The molecule has 1 N–H and O–H groups in total.